The van der Waals surface area contributed by atoms with Crippen LogP contribution in [0, 0.1) is 6.92 Å². The van der Waals surface area contributed by atoms with Crippen molar-refractivity contribution in [3.05, 3.63) is 93.8 Å². The maximum atomic E-state index is 12.3. The molecule has 0 N–H and O–H groups in total. The highest BCUT2D eigenvalue weighted by atomic mass is 16.5. The summed E-state index contributed by atoms with van der Waals surface area (Å²) >= 11 is 0. The summed E-state index contributed by atoms with van der Waals surface area (Å²) in [7, 11) is 2.96. The first-order valence-electron chi connectivity index (χ1n) is 10.0. The molecular weight excluding hydrogens is 408 g/mol. The van der Waals surface area contributed by atoms with Gasteiger partial charge in [-0.2, -0.15) is 0 Å². The number of ether oxygens (including phenoxy) is 3. The van der Waals surface area contributed by atoms with Gasteiger partial charge in [-0.05, 0) is 60.0 Å². The molecule has 0 unspecified atom stereocenters. The second-order valence-electron chi connectivity index (χ2n) is 7.25. The lowest BCUT2D eigenvalue weighted by atomic mass is 10.00. The fraction of sp³-hybridized carbons (Fsp3) is 0.154. The van der Waals surface area contributed by atoms with Crippen molar-refractivity contribution >= 4 is 16.9 Å². The van der Waals surface area contributed by atoms with E-state index in [1.807, 2.05) is 55.5 Å². The summed E-state index contributed by atoms with van der Waals surface area (Å²) in [5, 5.41) is 0.821. The van der Waals surface area contributed by atoms with Gasteiger partial charge in [0.05, 0.1) is 19.8 Å². The maximum Gasteiger partial charge on any atom is 0.337 e. The van der Waals surface area contributed by atoms with Gasteiger partial charge in [0, 0.05) is 17.0 Å². The number of fused-ring (bicyclic) bond motifs is 1. The molecule has 6 nitrogen and oxygen atoms in total. The van der Waals surface area contributed by atoms with Crippen molar-refractivity contribution in [1.29, 1.82) is 0 Å². The average Bonchev–Trinajstić information content (AvgIpc) is 2.83. The SMILES string of the molecule is COC(=O)c1ccc(COc2ccc3c(-c4ccc(OC)cc4)cc(=O)oc3c2C)cc1. The highest BCUT2D eigenvalue weighted by molar-refractivity contribution is 5.95. The van der Waals surface area contributed by atoms with E-state index in [0.29, 0.717) is 23.5 Å². The number of hydrogen-bond acceptors (Lipinski definition) is 6. The fourth-order valence-corrected chi connectivity index (χ4v) is 3.52. The van der Waals surface area contributed by atoms with Crippen molar-refractivity contribution in [2.75, 3.05) is 14.2 Å². The number of hydrogen-bond donors (Lipinski definition) is 0. The van der Waals surface area contributed by atoms with E-state index < -0.39 is 5.63 Å². The summed E-state index contributed by atoms with van der Waals surface area (Å²) in [5.41, 5.74) is 3.84. The van der Waals surface area contributed by atoms with Gasteiger partial charge in [-0.3, -0.25) is 0 Å². The minimum absolute atomic E-state index is 0.302. The van der Waals surface area contributed by atoms with E-state index in [2.05, 4.69) is 0 Å². The van der Waals surface area contributed by atoms with Crippen LogP contribution in [0.4, 0.5) is 0 Å². The van der Waals surface area contributed by atoms with Gasteiger partial charge in [-0.1, -0.05) is 24.3 Å². The zero-order valence-electron chi connectivity index (χ0n) is 18.0. The van der Waals surface area contributed by atoms with Crippen molar-refractivity contribution in [3.63, 3.8) is 0 Å². The first kappa shape index (κ1) is 21.2. The van der Waals surface area contributed by atoms with E-state index in [0.717, 1.165) is 33.4 Å². The summed E-state index contributed by atoms with van der Waals surface area (Å²) in [6.45, 7) is 2.16. The summed E-state index contributed by atoms with van der Waals surface area (Å²) < 4.78 is 21.4. The third-order valence-corrected chi connectivity index (χ3v) is 5.28. The molecule has 4 aromatic rings. The molecule has 0 aliphatic rings. The van der Waals surface area contributed by atoms with Gasteiger partial charge in [-0.15, -0.1) is 0 Å². The van der Waals surface area contributed by atoms with Crippen molar-refractivity contribution in [2.24, 2.45) is 0 Å². The predicted octanol–water partition coefficient (Wildman–Crippen LogP) is 5.14. The predicted molar refractivity (Wildman–Crippen MR) is 121 cm³/mol. The Labute approximate surface area is 185 Å². The fourth-order valence-electron chi connectivity index (χ4n) is 3.52. The molecule has 1 heterocycles. The molecule has 0 fully saturated rings. The standard InChI is InChI=1S/C26H22O6/c1-16-23(31-15-17-4-6-19(7-5-17)26(28)30-3)13-12-21-22(14-24(27)32-25(16)21)18-8-10-20(29-2)11-9-18/h4-14H,15H2,1-3H3. The second kappa shape index (κ2) is 8.98. The lowest BCUT2D eigenvalue weighted by Crippen LogP contribution is -2.03. The second-order valence-corrected chi connectivity index (χ2v) is 7.25. The Kier molecular flexibility index (Phi) is 5.94. The Morgan fingerprint density at radius 3 is 2.31 bits per heavy atom. The summed E-state index contributed by atoms with van der Waals surface area (Å²) in [6.07, 6.45) is 0. The molecule has 6 heteroatoms. The molecule has 0 atom stereocenters. The quantitative estimate of drug-likeness (QED) is 0.311. The Morgan fingerprint density at radius 2 is 1.66 bits per heavy atom. The van der Waals surface area contributed by atoms with Gasteiger partial charge in [0.25, 0.3) is 0 Å². The van der Waals surface area contributed by atoms with Crippen LogP contribution in [0.25, 0.3) is 22.1 Å². The molecule has 32 heavy (non-hydrogen) atoms. The van der Waals surface area contributed by atoms with Crippen LogP contribution >= 0.6 is 0 Å². The number of benzene rings is 3. The summed E-state index contributed by atoms with van der Waals surface area (Å²) in [6, 6.07) is 19.8. The van der Waals surface area contributed by atoms with Crippen LogP contribution in [0.15, 0.2) is 75.9 Å². The smallest absolute Gasteiger partial charge is 0.337 e. The largest absolute Gasteiger partial charge is 0.497 e. The normalized spacial score (nSPS) is 10.7. The number of aryl methyl sites for hydroxylation is 1. The van der Waals surface area contributed by atoms with Gasteiger partial charge in [0.1, 0.15) is 23.7 Å². The van der Waals surface area contributed by atoms with Gasteiger partial charge in [0.2, 0.25) is 0 Å². The van der Waals surface area contributed by atoms with Crippen LogP contribution in [-0.4, -0.2) is 20.2 Å². The monoisotopic (exact) mass is 430 g/mol. The number of rotatable bonds is 6. The van der Waals surface area contributed by atoms with Crippen LogP contribution in [0.5, 0.6) is 11.5 Å². The van der Waals surface area contributed by atoms with Crippen LogP contribution < -0.4 is 15.1 Å². The minimum atomic E-state index is -0.429. The highest BCUT2D eigenvalue weighted by Crippen LogP contribution is 2.34. The molecule has 4 rings (SSSR count). The van der Waals surface area contributed by atoms with Crippen molar-refractivity contribution in [1.82, 2.24) is 0 Å². The summed E-state index contributed by atoms with van der Waals surface area (Å²) in [4.78, 5) is 23.9. The van der Waals surface area contributed by atoms with E-state index in [-0.39, 0.29) is 5.97 Å². The van der Waals surface area contributed by atoms with E-state index in [9.17, 15) is 9.59 Å². The van der Waals surface area contributed by atoms with E-state index in [4.69, 9.17) is 18.6 Å². The van der Waals surface area contributed by atoms with Crippen LogP contribution in [0.1, 0.15) is 21.5 Å². The van der Waals surface area contributed by atoms with E-state index >= 15 is 0 Å². The van der Waals surface area contributed by atoms with Crippen molar-refractivity contribution < 1.29 is 23.4 Å². The molecule has 1 aromatic heterocycles. The molecule has 0 aliphatic carbocycles. The lowest BCUT2D eigenvalue weighted by Gasteiger charge is -2.13. The molecule has 0 bridgehead atoms. The minimum Gasteiger partial charge on any atom is -0.497 e. The Balaban J connectivity index is 1.63. The Bertz CT molecular complexity index is 1320. The van der Waals surface area contributed by atoms with E-state index in [1.165, 1.54) is 13.2 Å². The zero-order valence-corrected chi connectivity index (χ0v) is 18.0. The van der Waals surface area contributed by atoms with Crippen molar-refractivity contribution in [2.45, 2.75) is 13.5 Å². The van der Waals surface area contributed by atoms with E-state index in [1.54, 1.807) is 19.2 Å². The third-order valence-electron chi connectivity index (χ3n) is 5.28. The molecule has 0 saturated heterocycles. The Morgan fingerprint density at radius 1 is 0.938 bits per heavy atom. The lowest BCUT2D eigenvalue weighted by molar-refractivity contribution is 0.0600. The molecular formula is C26H22O6. The van der Waals surface area contributed by atoms with Gasteiger partial charge >= 0.3 is 11.6 Å². The molecule has 162 valence electrons. The van der Waals surface area contributed by atoms with Crippen LogP contribution in [0.3, 0.4) is 0 Å². The topological polar surface area (TPSA) is 75.0 Å². The third kappa shape index (κ3) is 4.21. The molecule has 0 aliphatic heterocycles. The van der Waals surface area contributed by atoms with Gasteiger partial charge in [-0.25, -0.2) is 9.59 Å². The highest BCUT2D eigenvalue weighted by Gasteiger charge is 2.14. The molecule has 0 saturated carbocycles. The number of carbonyl (C=O) groups excluding carboxylic acids is 1. The van der Waals surface area contributed by atoms with Crippen LogP contribution in [0.2, 0.25) is 0 Å². The molecule has 3 aromatic carbocycles. The first-order chi connectivity index (χ1) is 15.5. The van der Waals surface area contributed by atoms with Gasteiger partial charge in [0.15, 0.2) is 0 Å². The zero-order chi connectivity index (χ0) is 22.7. The van der Waals surface area contributed by atoms with Crippen LogP contribution in [-0.2, 0) is 11.3 Å². The van der Waals surface area contributed by atoms with Crippen molar-refractivity contribution in [3.8, 4) is 22.6 Å². The molecule has 0 spiro atoms. The first-order valence-corrected chi connectivity index (χ1v) is 10.0. The number of carbonyl (C=O) groups is 1. The Hall–Kier alpha value is -4.06. The maximum absolute atomic E-state index is 12.3. The average molecular weight is 430 g/mol. The van der Waals surface area contributed by atoms with Gasteiger partial charge < -0.3 is 18.6 Å². The number of methoxy groups -OCH3 is 2. The number of esters is 1. The molecule has 0 radical (unpaired) electrons. The summed E-state index contributed by atoms with van der Waals surface area (Å²) in [5.74, 6) is 0.975. The molecule has 0 amide bonds.